The molecule has 0 radical (unpaired) electrons. The van der Waals surface area contributed by atoms with E-state index >= 15 is 0 Å². The first kappa shape index (κ1) is 11.2. The number of benzene rings is 1. The Kier molecular flexibility index (Phi) is 3.10. The fourth-order valence-corrected chi connectivity index (χ4v) is 1.73. The van der Waals surface area contributed by atoms with Crippen molar-refractivity contribution in [3.63, 3.8) is 0 Å². The number of hydrogen-bond donors (Lipinski definition) is 1. The molecule has 17 heavy (non-hydrogen) atoms. The zero-order valence-corrected chi connectivity index (χ0v) is 9.80. The van der Waals surface area contributed by atoms with Gasteiger partial charge in [0.25, 0.3) is 0 Å². The Labute approximate surface area is 101 Å². The molecule has 0 aliphatic heterocycles. The molecule has 3 nitrogen and oxygen atoms in total. The highest BCUT2D eigenvalue weighted by Gasteiger charge is 2.00. The third-order valence-corrected chi connectivity index (χ3v) is 2.53. The molecule has 1 aromatic heterocycles. The van der Waals surface area contributed by atoms with Gasteiger partial charge in [0.15, 0.2) is 0 Å². The van der Waals surface area contributed by atoms with Crippen LogP contribution in [0.5, 0.6) is 0 Å². The molecule has 1 aromatic carbocycles. The Morgan fingerprint density at radius 2 is 1.82 bits per heavy atom. The van der Waals surface area contributed by atoms with Gasteiger partial charge in [0.05, 0.1) is 0 Å². The smallest absolute Gasteiger partial charge is 0.135 e. The van der Waals surface area contributed by atoms with Crippen molar-refractivity contribution in [3.8, 4) is 11.3 Å². The predicted octanol–water partition coefficient (Wildman–Crippen LogP) is 2.02. The fraction of sp³-hybridized carbons (Fsp3) is 0.0714. The molecular weight excluding hydrogens is 210 g/mol. The van der Waals surface area contributed by atoms with Gasteiger partial charge < -0.3 is 10.3 Å². The molecule has 2 rings (SSSR count). The molecule has 0 saturated heterocycles. The van der Waals surface area contributed by atoms with Crippen LogP contribution in [0.15, 0.2) is 65.9 Å². The van der Waals surface area contributed by atoms with E-state index in [1.54, 1.807) is 0 Å². The topological polar surface area (TPSA) is 43.3 Å². The summed E-state index contributed by atoms with van der Waals surface area (Å²) in [5.74, 6) is 0.311. The highest BCUT2D eigenvalue weighted by atomic mass is 15.0. The molecular formula is C14H15N3. The maximum absolute atomic E-state index is 5.51. The quantitative estimate of drug-likeness (QED) is 0.835. The van der Waals surface area contributed by atoms with Gasteiger partial charge >= 0.3 is 0 Å². The van der Waals surface area contributed by atoms with Crippen LogP contribution >= 0.6 is 0 Å². The molecule has 0 amide bonds. The van der Waals surface area contributed by atoms with Crippen LogP contribution in [0, 0.1) is 0 Å². The van der Waals surface area contributed by atoms with Crippen molar-refractivity contribution < 1.29 is 0 Å². The van der Waals surface area contributed by atoms with E-state index in [0.29, 0.717) is 5.82 Å². The third kappa shape index (κ3) is 2.45. The Balaban J connectivity index is 2.62. The van der Waals surface area contributed by atoms with Crippen LogP contribution in [0.3, 0.4) is 0 Å². The van der Waals surface area contributed by atoms with Crippen molar-refractivity contribution in [3.05, 3.63) is 66.4 Å². The molecule has 0 spiro atoms. The summed E-state index contributed by atoms with van der Waals surface area (Å²) in [6.07, 6.45) is 0. The van der Waals surface area contributed by atoms with Crippen molar-refractivity contribution >= 4 is 0 Å². The molecule has 0 fully saturated rings. The molecule has 0 aliphatic carbocycles. The second-order valence-corrected chi connectivity index (χ2v) is 3.80. The van der Waals surface area contributed by atoms with Crippen LogP contribution in [0.2, 0.25) is 0 Å². The van der Waals surface area contributed by atoms with Crippen LogP contribution in [0.4, 0.5) is 0 Å². The first-order valence-corrected chi connectivity index (χ1v) is 5.39. The Bertz CT molecular complexity index is 594. The van der Waals surface area contributed by atoms with Gasteiger partial charge in [0.1, 0.15) is 11.3 Å². The van der Waals surface area contributed by atoms with E-state index in [0.717, 1.165) is 16.7 Å². The number of pyridine rings is 1. The molecule has 0 bridgehead atoms. The van der Waals surface area contributed by atoms with E-state index in [2.05, 4.69) is 23.7 Å². The predicted molar refractivity (Wildman–Crippen MR) is 69.7 cm³/mol. The minimum absolute atomic E-state index is 0.311. The summed E-state index contributed by atoms with van der Waals surface area (Å²) in [6, 6.07) is 16.1. The van der Waals surface area contributed by atoms with Crippen molar-refractivity contribution in [1.82, 2.24) is 4.57 Å². The minimum Gasteiger partial charge on any atom is -0.384 e. The molecule has 0 atom stereocenters. The first-order valence-electron chi connectivity index (χ1n) is 5.39. The van der Waals surface area contributed by atoms with Crippen molar-refractivity contribution in [2.75, 3.05) is 0 Å². The second kappa shape index (κ2) is 4.70. The van der Waals surface area contributed by atoms with Gasteiger partial charge in [-0.1, -0.05) is 43.0 Å². The molecule has 2 aromatic rings. The maximum atomic E-state index is 5.51. The SMILES string of the molecule is C=C(N)N=c1cccc(-c2ccccc2)n1C. The van der Waals surface area contributed by atoms with E-state index in [1.165, 1.54) is 0 Å². The summed E-state index contributed by atoms with van der Waals surface area (Å²) >= 11 is 0. The molecule has 0 unspecified atom stereocenters. The van der Waals surface area contributed by atoms with Gasteiger partial charge in [-0.25, -0.2) is 4.99 Å². The molecule has 86 valence electrons. The Morgan fingerprint density at radius 3 is 2.47 bits per heavy atom. The van der Waals surface area contributed by atoms with E-state index in [9.17, 15) is 0 Å². The zero-order chi connectivity index (χ0) is 12.3. The highest BCUT2D eigenvalue weighted by molar-refractivity contribution is 5.59. The minimum atomic E-state index is 0.311. The third-order valence-electron chi connectivity index (χ3n) is 2.53. The van der Waals surface area contributed by atoms with Crippen LogP contribution < -0.4 is 11.2 Å². The van der Waals surface area contributed by atoms with Gasteiger partial charge in [-0.05, 0) is 17.7 Å². The number of nitrogens with two attached hydrogens (primary N) is 1. The van der Waals surface area contributed by atoms with Gasteiger partial charge in [0.2, 0.25) is 0 Å². The highest BCUT2D eigenvalue weighted by Crippen LogP contribution is 2.15. The lowest BCUT2D eigenvalue weighted by atomic mass is 10.1. The molecule has 3 heteroatoms. The van der Waals surface area contributed by atoms with Crippen LogP contribution in [0.1, 0.15) is 0 Å². The Morgan fingerprint density at radius 1 is 1.12 bits per heavy atom. The number of aromatic nitrogens is 1. The van der Waals surface area contributed by atoms with Crippen LogP contribution in [0.25, 0.3) is 11.3 Å². The molecule has 2 N–H and O–H groups in total. The zero-order valence-electron chi connectivity index (χ0n) is 9.80. The number of rotatable bonds is 2. The van der Waals surface area contributed by atoms with E-state index in [-0.39, 0.29) is 0 Å². The van der Waals surface area contributed by atoms with Crippen molar-refractivity contribution in [2.24, 2.45) is 17.8 Å². The monoisotopic (exact) mass is 225 g/mol. The molecule has 0 saturated carbocycles. The summed E-state index contributed by atoms with van der Waals surface area (Å²) in [7, 11) is 1.96. The molecule has 1 heterocycles. The van der Waals surface area contributed by atoms with Gasteiger partial charge in [-0.15, -0.1) is 0 Å². The van der Waals surface area contributed by atoms with Gasteiger partial charge in [0, 0.05) is 12.7 Å². The van der Waals surface area contributed by atoms with Crippen molar-refractivity contribution in [1.29, 1.82) is 0 Å². The summed E-state index contributed by atoms with van der Waals surface area (Å²) in [5, 5.41) is 0. The summed E-state index contributed by atoms with van der Waals surface area (Å²) < 4.78 is 1.99. The van der Waals surface area contributed by atoms with Gasteiger partial charge in [-0.2, -0.15) is 0 Å². The normalized spacial score (nSPS) is 11.5. The lowest BCUT2D eigenvalue weighted by Gasteiger charge is -2.09. The maximum Gasteiger partial charge on any atom is 0.135 e. The average molecular weight is 225 g/mol. The Hall–Kier alpha value is -2.29. The second-order valence-electron chi connectivity index (χ2n) is 3.80. The number of nitrogens with zero attached hydrogens (tertiary/aromatic N) is 2. The summed E-state index contributed by atoms with van der Waals surface area (Å²) in [4.78, 5) is 4.19. The van der Waals surface area contributed by atoms with E-state index in [4.69, 9.17) is 5.73 Å². The van der Waals surface area contributed by atoms with Gasteiger partial charge in [-0.3, -0.25) is 0 Å². The summed E-state index contributed by atoms with van der Waals surface area (Å²) in [5.41, 5.74) is 8.54. The summed E-state index contributed by atoms with van der Waals surface area (Å²) in [6.45, 7) is 3.59. The fourth-order valence-electron chi connectivity index (χ4n) is 1.73. The van der Waals surface area contributed by atoms with E-state index in [1.807, 2.05) is 48.0 Å². The largest absolute Gasteiger partial charge is 0.384 e. The van der Waals surface area contributed by atoms with Crippen LogP contribution in [-0.2, 0) is 7.05 Å². The average Bonchev–Trinajstić information content (AvgIpc) is 2.32. The van der Waals surface area contributed by atoms with E-state index < -0.39 is 0 Å². The van der Waals surface area contributed by atoms with Crippen molar-refractivity contribution in [2.45, 2.75) is 0 Å². The lowest BCUT2D eigenvalue weighted by Crippen LogP contribution is -2.19. The van der Waals surface area contributed by atoms with Crippen LogP contribution in [-0.4, -0.2) is 4.57 Å². The lowest BCUT2D eigenvalue weighted by molar-refractivity contribution is 0.835. The number of hydrogen-bond acceptors (Lipinski definition) is 2. The molecule has 0 aliphatic rings. The first-order chi connectivity index (χ1) is 8.18. The standard InChI is InChI=1S/C14H15N3/c1-11(15)16-14-10-6-9-13(17(14)2)12-7-4-3-5-8-12/h3-10H,1,15H2,2H3.